The first-order chi connectivity index (χ1) is 9.87. The first kappa shape index (κ1) is 16.0. The van der Waals surface area contributed by atoms with Crippen LogP contribution in [0.4, 0.5) is 0 Å². The van der Waals surface area contributed by atoms with Gasteiger partial charge in [-0.3, -0.25) is 4.79 Å². The molecule has 0 spiro atoms. The van der Waals surface area contributed by atoms with Gasteiger partial charge in [-0.25, -0.2) is 0 Å². The normalized spacial score (nSPS) is 19.6. The van der Waals surface area contributed by atoms with E-state index in [0.29, 0.717) is 12.5 Å². The Morgan fingerprint density at radius 3 is 2.81 bits per heavy atom. The molecule has 1 fully saturated rings. The summed E-state index contributed by atoms with van der Waals surface area (Å²) in [6.07, 6.45) is 4.92. The number of aliphatic hydroxyl groups is 1. The monoisotopic (exact) mass is 289 g/mol. The summed E-state index contributed by atoms with van der Waals surface area (Å²) < 4.78 is 0. The number of benzene rings is 1. The number of likely N-dealkylation sites (tertiary alicyclic amines) is 1. The molecule has 0 radical (unpaired) electrons. The number of hydrogen-bond donors (Lipinski definition) is 1. The molecule has 1 aliphatic rings. The first-order valence-corrected chi connectivity index (χ1v) is 7.99. The summed E-state index contributed by atoms with van der Waals surface area (Å²) in [7, 11) is 0. The molecule has 3 nitrogen and oxygen atoms in total. The number of piperidine rings is 1. The van der Waals surface area contributed by atoms with Gasteiger partial charge in [0.15, 0.2) is 0 Å². The van der Waals surface area contributed by atoms with E-state index in [1.54, 1.807) is 0 Å². The van der Waals surface area contributed by atoms with E-state index in [0.717, 1.165) is 36.9 Å². The second-order valence-electron chi connectivity index (χ2n) is 6.86. The Bertz CT molecular complexity index is 490. The van der Waals surface area contributed by atoms with Crippen LogP contribution < -0.4 is 0 Å². The minimum atomic E-state index is -0.665. The topological polar surface area (TPSA) is 40.5 Å². The lowest BCUT2D eigenvalue weighted by Gasteiger charge is -2.33. The van der Waals surface area contributed by atoms with Crippen molar-refractivity contribution in [3.05, 3.63) is 35.4 Å². The molecular weight excluding hydrogens is 262 g/mol. The van der Waals surface area contributed by atoms with E-state index in [-0.39, 0.29) is 5.91 Å². The van der Waals surface area contributed by atoms with E-state index in [9.17, 15) is 9.90 Å². The molecule has 1 aromatic rings. The Kier molecular flexibility index (Phi) is 5.04. The van der Waals surface area contributed by atoms with E-state index >= 15 is 0 Å². The fraction of sp³-hybridized carbons (Fsp3) is 0.611. The van der Waals surface area contributed by atoms with Crippen molar-refractivity contribution in [2.75, 3.05) is 6.54 Å². The van der Waals surface area contributed by atoms with Gasteiger partial charge in [-0.2, -0.15) is 0 Å². The van der Waals surface area contributed by atoms with E-state index in [1.165, 1.54) is 6.42 Å². The molecule has 0 unspecified atom stereocenters. The highest BCUT2D eigenvalue weighted by Gasteiger charge is 2.24. The molecule has 0 aromatic heterocycles. The van der Waals surface area contributed by atoms with Crippen molar-refractivity contribution in [3.63, 3.8) is 0 Å². The summed E-state index contributed by atoms with van der Waals surface area (Å²) in [4.78, 5) is 14.6. The van der Waals surface area contributed by atoms with E-state index in [2.05, 4.69) is 6.92 Å². The van der Waals surface area contributed by atoms with Crippen LogP contribution in [0.3, 0.4) is 0 Å². The summed E-state index contributed by atoms with van der Waals surface area (Å²) in [5, 5.41) is 9.82. The van der Waals surface area contributed by atoms with Crippen LogP contribution >= 0.6 is 0 Å². The van der Waals surface area contributed by atoms with Crippen LogP contribution in [0.25, 0.3) is 0 Å². The van der Waals surface area contributed by atoms with Gasteiger partial charge in [-0.1, -0.05) is 12.1 Å². The molecule has 3 heteroatoms. The number of rotatable bonds is 4. The van der Waals surface area contributed by atoms with Crippen molar-refractivity contribution in [1.29, 1.82) is 0 Å². The molecule has 0 aliphatic carbocycles. The number of carbonyl (C=O) groups is 1. The van der Waals surface area contributed by atoms with Gasteiger partial charge in [0.05, 0.1) is 5.60 Å². The van der Waals surface area contributed by atoms with Gasteiger partial charge in [-0.15, -0.1) is 0 Å². The minimum absolute atomic E-state index is 0.146. The highest BCUT2D eigenvalue weighted by atomic mass is 16.3. The van der Waals surface area contributed by atoms with Crippen molar-refractivity contribution in [1.82, 2.24) is 4.90 Å². The lowest BCUT2D eigenvalue weighted by atomic mass is 9.97. The fourth-order valence-corrected chi connectivity index (χ4v) is 2.88. The predicted molar refractivity (Wildman–Crippen MR) is 85.4 cm³/mol. The second kappa shape index (κ2) is 6.61. The number of nitrogens with zero attached hydrogens (tertiary/aromatic N) is 1. The van der Waals surface area contributed by atoms with Crippen molar-refractivity contribution in [2.24, 2.45) is 0 Å². The number of hydrogen-bond acceptors (Lipinski definition) is 2. The van der Waals surface area contributed by atoms with Crippen LogP contribution in [-0.2, 0) is 6.42 Å². The summed E-state index contributed by atoms with van der Waals surface area (Å²) in [6.45, 7) is 6.64. The largest absolute Gasteiger partial charge is 0.390 e. The number of aryl methyl sites for hydroxylation is 1. The zero-order chi connectivity index (χ0) is 15.5. The van der Waals surface area contributed by atoms with Gasteiger partial charge in [-0.05, 0) is 70.6 Å². The van der Waals surface area contributed by atoms with Gasteiger partial charge < -0.3 is 10.0 Å². The van der Waals surface area contributed by atoms with E-state index in [1.807, 2.05) is 43.0 Å². The predicted octanol–water partition coefficient (Wildman–Crippen LogP) is 3.40. The average molecular weight is 289 g/mol. The molecule has 1 heterocycles. The molecule has 1 aromatic carbocycles. The molecule has 116 valence electrons. The summed E-state index contributed by atoms with van der Waals surface area (Å²) in [5.74, 6) is 0.146. The molecule has 2 rings (SSSR count). The van der Waals surface area contributed by atoms with Crippen LogP contribution in [0.1, 0.15) is 62.4 Å². The maximum absolute atomic E-state index is 12.6. The fourth-order valence-electron chi connectivity index (χ4n) is 2.88. The zero-order valence-electron chi connectivity index (χ0n) is 13.4. The SMILES string of the molecule is C[C@H]1CCCCN1C(=O)c1cccc(CCC(C)(C)O)c1. The van der Waals surface area contributed by atoms with Crippen molar-refractivity contribution in [3.8, 4) is 0 Å². The summed E-state index contributed by atoms with van der Waals surface area (Å²) >= 11 is 0. The molecule has 1 N–H and O–H groups in total. The lowest BCUT2D eigenvalue weighted by molar-refractivity contribution is 0.0635. The Morgan fingerprint density at radius 1 is 1.38 bits per heavy atom. The van der Waals surface area contributed by atoms with Gasteiger partial charge >= 0.3 is 0 Å². The molecule has 0 bridgehead atoms. The highest BCUT2D eigenvalue weighted by Crippen LogP contribution is 2.20. The van der Waals surface area contributed by atoms with Gasteiger partial charge in [0.25, 0.3) is 5.91 Å². The molecular formula is C18H27NO2. The standard InChI is InChI=1S/C18H27NO2/c1-14-7-4-5-12-19(14)17(20)16-9-6-8-15(13-16)10-11-18(2,3)21/h6,8-9,13-14,21H,4-5,7,10-12H2,1-3H3/t14-/m0/s1. The first-order valence-electron chi connectivity index (χ1n) is 7.99. The third-order valence-corrected chi connectivity index (χ3v) is 4.26. The molecule has 1 aliphatic heterocycles. The van der Waals surface area contributed by atoms with Crippen LogP contribution in [-0.4, -0.2) is 34.1 Å². The maximum Gasteiger partial charge on any atom is 0.254 e. The third-order valence-electron chi connectivity index (χ3n) is 4.26. The van der Waals surface area contributed by atoms with Crippen molar-refractivity contribution in [2.45, 2.75) is 64.5 Å². The Morgan fingerprint density at radius 2 is 2.14 bits per heavy atom. The van der Waals surface area contributed by atoms with Crippen LogP contribution in [0.15, 0.2) is 24.3 Å². The van der Waals surface area contributed by atoms with Gasteiger partial charge in [0.1, 0.15) is 0 Å². The van der Waals surface area contributed by atoms with Crippen LogP contribution in [0, 0.1) is 0 Å². The number of carbonyl (C=O) groups excluding carboxylic acids is 1. The Balaban J connectivity index is 2.07. The summed E-state index contributed by atoms with van der Waals surface area (Å²) in [5.41, 5.74) is 1.23. The Labute approximate surface area is 128 Å². The minimum Gasteiger partial charge on any atom is -0.390 e. The van der Waals surface area contributed by atoms with Gasteiger partial charge in [0.2, 0.25) is 0 Å². The molecule has 1 saturated heterocycles. The number of amides is 1. The highest BCUT2D eigenvalue weighted by molar-refractivity contribution is 5.94. The lowest BCUT2D eigenvalue weighted by Crippen LogP contribution is -2.42. The third kappa shape index (κ3) is 4.57. The van der Waals surface area contributed by atoms with E-state index < -0.39 is 5.60 Å². The molecule has 1 atom stereocenters. The zero-order valence-corrected chi connectivity index (χ0v) is 13.4. The van der Waals surface area contributed by atoms with Crippen LogP contribution in [0.5, 0.6) is 0 Å². The molecule has 21 heavy (non-hydrogen) atoms. The van der Waals surface area contributed by atoms with Gasteiger partial charge in [0, 0.05) is 18.2 Å². The van der Waals surface area contributed by atoms with E-state index in [4.69, 9.17) is 0 Å². The second-order valence-corrected chi connectivity index (χ2v) is 6.86. The van der Waals surface area contributed by atoms with Crippen molar-refractivity contribution < 1.29 is 9.90 Å². The smallest absolute Gasteiger partial charge is 0.254 e. The Hall–Kier alpha value is -1.35. The van der Waals surface area contributed by atoms with Crippen LogP contribution in [0.2, 0.25) is 0 Å². The van der Waals surface area contributed by atoms with Crippen molar-refractivity contribution >= 4 is 5.91 Å². The molecule has 0 saturated carbocycles. The summed E-state index contributed by atoms with van der Waals surface area (Å²) in [6, 6.07) is 8.20. The maximum atomic E-state index is 12.6. The average Bonchev–Trinajstić information content (AvgIpc) is 2.44. The quantitative estimate of drug-likeness (QED) is 0.923. The molecule has 1 amide bonds.